The summed E-state index contributed by atoms with van der Waals surface area (Å²) in [7, 11) is 3.18. The zero-order chi connectivity index (χ0) is 12.7. The van der Waals surface area contributed by atoms with Crippen LogP contribution in [-0.2, 0) is 10.1 Å². The van der Waals surface area contributed by atoms with E-state index in [0.29, 0.717) is 29.8 Å². The zero-order valence-corrected chi connectivity index (χ0v) is 11.5. The monoisotopic (exact) mass is 301 g/mol. The Morgan fingerprint density at radius 1 is 1.35 bits per heavy atom. The van der Waals surface area contributed by atoms with Crippen LogP contribution in [0.5, 0.6) is 5.75 Å². The van der Waals surface area contributed by atoms with Gasteiger partial charge in [-0.1, -0.05) is 15.9 Å². The van der Waals surface area contributed by atoms with Gasteiger partial charge in [-0.2, -0.15) is 0 Å². The number of hydrogen-bond acceptors (Lipinski definition) is 3. The largest absolute Gasteiger partial charge is 0.497 e. The molecule has 17 heavy (non-hydrogen) atoms. The normalized spacial score (nSPS) is 10.1. The minimum Gasteiger partial charge on any atom is -0.497 e. The first-order valence-electron chi connectivity index (χ1n) is 5.22. The lowest BCUT2D eigenvalue weighted by molar-refractivity contribution is 0.0936. The molecule has 0 spiro atoms. The van der Waals surface area contributed by atoms with Gasteiger partial charge in [0.2, 0.25) is 0 Å². The van der Waals surface area contributed by atoms with Crippen molar-refractivity contribution in [3.05, 3.63) is 29.3 Å². The molecular formula is C12H16BrNO3. The van der Waals surface area contributed by atoms with E-state index in [-0.39, 0.29) is 5.91 Å². The van der Waals surface area contributed by atoms with Crippen LogP contribution in [0.25, 0.3) is 0 Å². The smallest absolute Gasteiger partial charge is 0.251 e. The lowest BCUT2D eigenvalue weighted by Crippen LogP contribution is -2.27. The van der Waals surface area contributed by atoms with E-state index < -0.39 is 0 Å². The van der Waals surface area contributed by atoms with Crippen LogP contribution < -0.4 is 10.1 Å². The number of ether oxygens (including phenoxy) is 2. The van der Waals surface area contributed by atoms with E-state index in [9.17, 15) is 4.79 Å². The summed E-state index contributed by atoms with van der Waals surface area (Å²) in [5.41, 5.74) is 1.59. The molecule has 5 heteroatoms. The molecule has 1 amide bonds. The van der Waals surface area contributed by atoms with E-state index in [0.717, 1.165) is 5.56 Å². The number of nitrogens with one attached hydrogen (secondary N) is 1. The Labute approximate surface area is 109 Å². The number of halogens is 1. The molecule has 0 aromatic heterocycles. The van der Waals surface area contributed by atoms with E-state index in [1.165, 1.54) is 0 Å². The first kappa shape index (κ1) is 14.0. The number of methoxy groups -OCH3 is 2. The van der Waals surface area contributed by atoms with Gasteiger partial charge in [-0.15, -0.1) is 0 Å². The summed E-state index contributed by atoms with van der Waals surface area (Å²) >= 11 is 3.36. The molecule has 94 valence electrons. The zero-order valence-electron chi connectivity index (χ0n) is 9.96. The van der Waals surface area contributed by atoms with Gasteiger partial charge in [0.1, 0.15) is 5.75 Å². The van der Waals surface area contributed by atoms with Crippen LogP contribution in [0, 0.1) is 0 Å². The Balaban J connectivity index is 2.77. The highest BCUT2D eigenvalue weighted by Gasteiger charge is 2.08. The molecule has 0 aliphatic carbocycles. The summed E-state index contributed by atoms with van der Waals surface area (Å²) < 4.78 is 10.0. The van der Waals surface area contributed by atoms with E-state index in [4.69, 9.17) is 9.47 Å². The fraction of sp³-hybridized carbons (Fsp3) is 0.417. The summed E-state index contributed by atoms with van der Waals surface area (Å²) in [6.45, 7) is 0.997. The predicted octanol–water partition coefficient (Wildman–Crippen LogP) is 1.97. The molecule has 0 saturated heterocycles. The average molecular weight is 302 g/mol. The van der Waals surface area contributed by atoms with Gasteiger partial charge in [0.25, 0.3) is 5.91 Å². The second kappa shape index (κ2) is 7.29. The minimum absolute atomic E-state index is 0.122. The van der Waals surface area contributed by atoms with Crippen molar-refractivity contribution in [3.8, 4) is 5.75 Å². The van der Waals surface area contributed by atoms with Crippen LogP contribution in [0.4, 0.5) is 0 Å². The maximum Gasteiger partial charge on any atom is 0.251 e. The molecule has 0 aliphatic rings. The molecule has 1 rings (SSSR count). The van der Waals surface area contributed by atoms with Gasteiger partial charge < -0.3 is 14.8 Å². The first-order chi connectivity index (χ1) is 8.21. The standard InChI is InChI=1S/C12H16BrNO3/c1-16-4-3-14-12(15)10-5-9(8-13)6-11(7-10)17-2/h5-7H,3-4,8H2,1-2H3,(H,14,15). The lowest BCUT2D eigenvalue weighted by atomic mass is 10.1. The number of carbonyl (C=O) groups excluding carboxylic acids is 1. The molecule has 0 unspecified atom stereocenters. The number of alkyl halides is 1. The van der Waals surface area contributed by atoms with Crippen molar-refractivity contribution < 1.29 is 14.3 Å². The Morgan fingerprint density at radius 3 is 2.71 bits per heavy atom. The number of amides is 1. The van der Waals surface area contributed by atoms with Crippen molar-refractivity contribution in [1.82, 2.24) is 5.32 Å². The Hall–Kier alpha value is -1.07. The van der Waals surface area contributed by atoms with Gasteiger partial charge in [-0.05, 0) is 23.8 Å². The molecule has 0 radical (unpaired) electrons. The van der Waals surface area contributed by atoms with Crippen molar-refractivity contribution in [2.75, 3.05) is 27.4 Å². The van der Waals surface area contributed by atoms with Crippen molar-refractivity contribution in [3.63, 3.8) is 0 Å². The molecule has 0 fully saturated rings. The highest BCUT2D eigenvalue weighted by atomic mass is 79.9. The van der Waals surface area contributed by atoms with E-state index >= 15 is 0 Å². The number of hydrogen-bond donors (Lipinski definition) is 1. The summed E-state index contributed by atoms with van der Waals surface area (Å²) in [4.78, 5) is 11.8. The number of benzene rings is 1. The molecular weight excluding hydrogens is 286 g/mol. The van der Waals surface area contributed by atoms with E-state index in [2.05, 4.69) is 21.2 Å². The maximum absolute atomic E-state index is 11.8. The van der Waals surface area contributed by atoms with Crippen LogP contribution in [0.15, 0.2) is 18.2 Å². The van der Waals surface area contributed by atoms with Gasteiger partial charge in [0.15, 0.2) is 0 Å². The maximum atomic E-state index is 11.8. The summed E-state index contributed by atoms with van der Waals surface area (Å²) in [6, 6.07) is 5.44. The number of carbonyl (C=O) groups is 1. The SMILES string of the molecule is COCCNC(=O)c1cc(CBr)cc(OC)c1. The molecule has 0 heterocycles. The average Bonchev–Trinajstić information content (AvgIpc) is 2.38. The second-order valence-electron chi connectivity index (χ2n) is 3.45. The molecule has 1 aromatic carbocycles. The highest BCUT2D eigenvalue weighted by Crippen LogP contribution is 2.18. The van der Waals surface area contributed by atoms with Crippen molar-refractivity contribution in [1.29, 1.82) is 0 Å². The van der Waals surface area contributed by atoms with Crippen LogP contribution in [0.3, 0.4) is 0 Å². The summed E-state index contributed by atoms with van der Waals surface area (Å²) in [5.74, 6) is 0.557. The van der Waals surface area contributed by atoms with Gasteiger partial charge in [0.05, 0.1) is 13.7 Å². The Bertz CT molecular complexity index is 360. The van der Waals surface area contributed by atoms with Crippen LogP contribution in [0.2, 0.25) is 0 Å². The van der Waals surface area contributed by atoms with E-state index in [1.54, 1.807) is 20.3 Å². The van der Waals surface area contributed by atoms with Crippen molar-refractivity contribution in [2.24, 2.45) is 0 Å². The third-order valence-corrected chi connectivity index (χ3v) is 2.86. The third kappa shape index (κ3) is 4.36. The molecule has 0 saturated carbocycles. The Kier molecular flexibility index (Phi) is 6.00. The van der Waals surface area contributed by atoms with Gasteiger partial charge in [-0.25, -0.2) is 0 Å². The molecule has 0 atom stereocenters. The molecule has 0 aliphatic heterocycles. The predicted molar refractivity (Wildman–Crippen MR) is 69.8 cm³/mol. The van der Waals surface area contributed by atoms with Gasteiger partial charge >= 0.3 is 0 Å². The minimum atomic E-state index is -0.122. The first-order valence-corrected chi connectivity index (χ1v) is 6.34. The fourth-order valence-electron chi connectivity index (χ4n) is 1.36. The molecule has 1 aromatic rings. The number of rotatable bonds is 6. The Morgan fingerprint density at radius 2 is 2.12 bits per heavy atom. The fourth-order valence-corrected chi connectivity index (χ4v) is 1.68. The van der Waals surface area contributed by atoms with Crippen LogP contribution in [0.1, 0.15) is 15.9 Å². The van der Waals surface area contributed by atoms with Crippen LogP contribution >= 0.6 is 15.9 Å². The quantitative estimate of drug-likeness (QED) is 0.645. The lowest BCUT2D eigenvalue weighted by Gasteiger charge is -2.08. The molecule has 1 N–H and O–H groups in total. The second-order valence-corrected chi connectivity index (χ2v) is 4.01. The summed E-state index contributed by atoms with van der Waals surface area (Å²) in [6.07, 6.45) is 0. The van der Waals surface area contributed by atoms with Crippen molar-refractivity contribution in [2.45, 2.75) is 5.33 Å². The van der Waals surface area contributed by atoms with Gasteiger partial charge in [-0.3, -0.25) is 4.79 Å². The summed E-state index contributed by atoms with van der Waals surface area (Å²) in [5, 5.41) is 3.45. The molecule has 4 nitrogen and oxygen atoms in total. The highest BCUT2D eigenvalue weighted by molar-refractivity contribution is 9.08. The van der Waals surface area contributed by atoms with Crippen LogP contribution in [-0.4, -0.2) is 33.3 Å². The van der Waals surface area contributed by atoms with Gasteiger partial charge in [0, 0.05) is 24.5 Å². The van der Waals surface area contributed by atoms with E-state index in [1.807, 2.05) is 12.1 Å². The third-order valence-electron chi connectivity index (χ3n) is 2.21. The van der Waals surface area contributed by atoms with Crippen molar-refractivity contribution >= 4 is 21.8 Å². The molecule has 0 bridgehead atoms. The topological polar surface area (TPSA) is 47.6 Å².